The molecule has 0 amide bonds. The summed E-state index contributed by atoms with van der Waals surface area (Å²) < 4.78 is 3.35. The van der Waals surface area contributed by atoms with Crippen LogP contribution in [0.15, 0.2) is 64.9 Å². The van der Waals surface area contributed by atoms with Gasteiger partial charge < -0.3 is 4.72 Å². The Bertz CT molecular complexity index is 915. The number of thiophene rings is 1. The summed E-state index contributed by atoms with van der Waals surface area (Å²) in [4.78, 5) is 2.14. The van der Waals surface area contributed by atoms with Gasteiger partial charge in [-0.15, -0.1) is 11.3 Å². The normalized spacial score (nSPS) is 9.92. The van der Waals surface area contributed by atoms with Crippen molar-refractivity contribution in [2.24, 2.45) is 0 Å². The smallest absolute Gasteiger partial charge is 0.100 e. The van der Waals surface area contributed by atoms with Crippen molar-refractivity contribution in [3.63, 3.8) is 0 Å². The molecular formula is C19H13N3S2. The molecule has 5 heteroatoms. The van der Waals surface area contributed by atoms with Crippen molar-refractivity contribution < 1.29 is 0 Å². The molecule has 3 rings (SSSR count). The molecule has 0 unspecified atom stereocenters. The molecule has 0 atom stereocenters. The SMILES string of the molecule is N#Cc1ccc(Cc2sccc2NSc2ccccc2C#N)cc1. The highest BCUT2D eigenvalue weighted by Gasteiger charge is 2.08. The second-order valence-electron chi connectivity index (χ2n) is 5.06. The third-order valence-corrected chi connectivity index (χ3v) is 5.29. The molecule has 0 saturated heterocycles. The average molecular weight is 347 g/mol. The van der Waals surface area contributed by atoms with E-state index in [1.807, 2.05) is 54.6 Å². The van der Waals surface area contributed by atoms with E-state index in [4.69, 9.17) is 10.5 Å². The number of rotatable bonds is 5. The van der Waals surface area contributed by atoms with Crippen LogP contribution in [0.2, 0.25) is 0 Å². The highest BCUT2D eigenvalue weighted by atomic mass is 32.2. The van der Waals surface area contributed by atoms with E-state index < -0.39 is 0 Å². The van der Waals surface area contributed by atoms with Crippen LogP contribution in [0.4, 0.5) is 5.69 Å². The quantitative estimate of drug-likeness (QED) is 0.644. The second-order valence-corrected chi connectivity index (χ2v) is 6.90. The number of nitrogens with one attached hydrogen (secondary N) is 1. The van der Waals surface area contributed by atoms with Crippen molar-refractivity contribution in [2.75, 3.05) is 4.72 Å². The number of benzene rings is 2. The van der Waals surface area contributed by atoms with Crippen molar-refractivity contribution in [1.29, 1.82) is 10.5 Å². The van der Waals surface area contributed by atoms with Gasteiger partial charge in [0, 0.05) is 16.2 Å². The minimum atomic E-state index is 0.666. The topological polar surface area (TPSA) is 59.6 Å². The zero-order chi connectivity index (χ0) is 16.8. The zero-order valence-electron chi connectivity index (χ0n) is 12.7. The van der Waals surface area contributed by atoms with Crippen molar-refractivity contribution >= 4 is 29.0 Å². The highest BCUT2D eigenvalue weighted by Crippen LogP contribution is 2.30. The van der Waals surface area contributed by atoms with Gasteiger partial charge in [0.2, 0.25) is 0 Å². The van der Waals surface area contributed by atoms with Gasteiger partial charge >= 0.3 is 0 Å². The van der Waals surface area contributed by atoms with Crippen LogP contribution >= 0.6 is 23.3 Å². The van der Waals surface area contributed by atoms with Crippen LogP contribution < -0.4 is 4.72 Å². The molecule has 116 valence electrons. The lowest BCUT2D eigenvalue weighted by Gasteiger charge is -2.08. The van der Waals surface area contributed by atoms with Gasteiger partial charge in [0.05, 0.1) is 22.9 Å². The first kappa shape index (κ1) is 16.1. The molecule has 1 heterocycles. The Labute approximate surface area is 149 Å². The number of nitrogens with zero attached hydrogens (tertiary/aromatic N) is 2. The number of hydrogen-bond acceptors (Lipinski definition) is 5. The molecular weight excluding hydrogens is 334 g/mol. The van der Waals surface area contributed by atoms with E-state index in [0.717, 1.165) is 17.0 Å². The third-order valence-electron chi connectivity index (χ3n) is 3.47. The van der Waals surface area contributed by atoms with Gasteiger partial charge in [0.25, 0.3) is 0 Å². The molecule has 3 nitrogen and oxygen atoms in total. The first-order valence-corrected chi connectivity index (χ1v) is 8.97. The largest absolute Gasteiger partial charge is 0.325 e. The fourth-order valence-corrected chi connectivity index (χ4v) is 3.92. The summed E-state index contributed by atoms with van der Waals surface area (Å²) in [6, 6.07) is 21.6. The van der Waals surface area contributed by atoms with Gasteiger partial charge in [-0.2, -0.15) is 10.5 Å². The summed E-state index contributed by atoms with van der Waals surface area (Å²) >= 11 is 3.14. The van der Waals surface area contributed by atoms with Crippen molar-refractivity contribution in [3.05, 3.63) is 81.5 Å². The Morgan fingerprint density at radius 3 is 2.50 bits per heavy atom. The Kier molecular flexibility index (Phi) is 5.18. The summed E-state index contributed by atoms with van der Waals surface area (Å²) in [5, 5.41) is 20.1. The van der Waals surface area contributed by atoms with Crippen LogP contribution in [0.3, 0.4) is 0 Å². The summed E-state index contributed by atoms with van der Waals surface area (Å²) in [6.45, 7) is 0. The second kappa shape index (κ2) is 7.70. The molecule has 0 spiro atoms. The van der Waals surface area contributed by atoms with Gasteiger partial charge in [-0.05, 0) is 53.2 Å². The monoisotopic (exact) mass is 347 g/mol. The Balaban J connectivity index is 1.71. The molecule has 1 N–H and O–H groups in total. The first-order chi connectivity index (χ1) is 11.8. The Morgan fingerprint density at radius 1 is 0.958 bits per heavy atom. The van der Waals surface area contributed by atoms with Crippen LogP contribution in [0.25, 0.3) is 0 Å². The zero-order valence-corrected chi connectivity index (χ0v) is 14.3. The third kappa shape index (κ3) is 3.78. The van der Waals surface area contributed by atoms with Crippen molar-refractivity contribution in [2.45, 2.75) is 11.3 Å². The van der Waals surface area contributed by atoms with E-state index in [1.54, 1.807) is 11.3 Å². The minimum Gasteiger partial charge on any atom is -0.325 e. The summed E-state index contributed by atoms with van der Waals surface area (Å²) in [5.74, 6) is 0. The Hall–Kier alpha value is -2.73. The van der Waals surface area contributed by atoms with Crippen LogP contribution in [0, 0.1) is 22.7 Å². The van der Waals surface area contributed by atoms with Crippen LogP contribution in [-0.4, -0.2) is 0 Å². The molecule has 0 radical (unpaired) electrons. The standard InChI is InChI=1S/C19H13N3S2/c20-12-15-7-5-14(6-8-15)11-19-17(9-10-23-19)22-24-18-4-2-1-3-16(18)13-21/h1-10,22H,11H2. The predicted octanol–water partition coefficient (Wildman–Crippen LogP) is 5.20. The van der Waals surface area contributed by atoms with E-state index >= 15 is 0 Å². The van der Waals surface area contributed by atoms with Gasteiger partial charge in [0.1, 0.15) is 6.07 Å². The molecule has 0 aliphatic heterocycles. The fourth-order valence-electron chi connectivity index (χ4n) is 2.21. The van der Waals surface area contributed by atoms with E-state index in [9.17, 15) is 0 Å². The van der Waals surface area contributed by atoms with Gasteiger partial charge in [0.15, 0.2) is 0 Å². The molecule has 24 heavy (non-hydrogen) atoms. The van der Waals surface area contributed by atoms with E-state index in [0.29, 0.717) is 11.1 Å². The van der Waals surface area contributed by atoms with E-state index in [-0.39, 0.29) is 0 Å². The summed E-state index contributed by atoms with van der Waals surface area (Å²) in [6.07, 6.45) is 0.812. The fraction of sp³-hybridized carbons (Fsp3) is 0.0526. The molecule has 0 aliphatic carbocycles. The molecule has 3 aromatic rings. The highest BCUT2D eigenvalue weighted by molar-refractivity contribution is 8.00. The molecule has 0 saturated carbocycles. The number of anilines is 1. The molecule has 0 bridgehead atoms. The maximum absolute atomic E-state index is 9.16. The lowest BCUT2D eigenvalue weighted by atomic mass is 10.1. The van der Waals surface area contributed by atoms with Crippen LogP contribution in [-0.2, 0) is 6.42 Å². The van der Waals surface area contributed by atoms with E-state index in [1.165, 1.54) is 22.4 Å². The number of hydrogen-bond donors (Lipinski definition) is 1. The summed E-state index contributed by atoms with van der Waals surface area (Å²) in [5.41, 5.74) is 3.56. The minimum absolute atomic E-state index is 0.666. The molecule has 0 fully saturated rings. The van der Waals surface area contributed by atoms with Crippen LogP contribution in [0.5, 0.6) is 0 Å². The maximum Gasteiger partial charge on any atom is 0.100 e. The van der Waals surface area contributed by atoms with Crippen molar-refractivity contribution in [3.8, 4) is 12.1 Å². The van der Waals surface area contributed by atoms with E-state index in [2.05, 4.69) is 22.2 Å². The number of nitriles is 2. The molecule has 2 aromatic carbocycles. The Morgan fingerprint density at radius 2 is 1.75 bits per heavy atom. The van der Waals surface area contributed by atoms with Crippen LogP contribution in [0.1, 0.15) is 21.6 Å². The summed E-state index contributed by atoms with van der Waals surface area (Å²) in [7, 11) is 0. The lowest BCUT2D eigenvalue weighted by Crippen LogP contribution is -1.92. The lowest BCUT2D eigenvalue weighted by molar-refractivity contribution is 1.24. The van der Waals surface area contributed by atoms with Gasteiger partial charge in [-0.3, -0.25) is 0 Å². The van der Waals surface area contributed by atoms with Gasteiger partial charge in [-0.1, -0.05) is 24.3 Å². The first-order valence-electron chi connectivity index (χ1n) is 7.27. The molecule has 1 aromatic heterocycles. The predicted molar refractivity (Wildman–Crippen MR) is 98.9 cm³/mol. The van der Waals surface area contributed by atoms with Gasteiger partial charge in [-0.25, -0.2) is 0 Å². The average Bonchev–Trinajstić information content (AvgIpc) is 3.08. The molecule has 0 aliphatic rings. The maximum atomic E-state index is 9.16. The van der Waals surface area contributed by atoms with Crippen molar-refractivity contribution in [1.82, 2.24) is 0 Å².